The number of para-hydroxylation sites is 2. The lowest BCUT2D eigenvalue weighted by molar-refractivity contribution is -0.156. The van der Waals surface area contributed by atoms with Crippen LogP contribution in [0.3, 0.4) is 0 Å². The van der Waals surface area contributed by atoms with E-state index in [4.69, 9.17) is 28.8 Å². The molecule has 0 spiro atoms. The summed E-state index contributed by atoms with van der Waals surface area (Å²) in [7, 11) is 0. The number of carbonyl (C=O) groups excluding carboxylic acids is 3. The number of ether oxygens (including phenoxy) is 5. The molecule has 10 heteroatoms. The van der Waals surface area contributed by atoms with E-state index in [1.54, 1.807) is 48.5 Å². The summed E-state index contributed by atoms with van der Waals surface area (Å²) >= 11 is 0. The van der Waals surface area contributed by atoms with Crippen molar-refractivity contribution in [3.8, 4) is 11.5 Å². The molecule has 0 saturated carbocycles. The van der Waals surface area contributed by atoms with Crippen molar-refractivity contribution in [2.24, 2.45) is 0 Å². The lowest BCUT2D eigenvalue weighted by atomic mass is 10.2. The Balaban J connectivity index is 2.07. The molecule has 2 rings (SSSR count). The summed E-state index contributed by atoms with van der Waals surface area (Å²) in [6.07, 6.45) is 1.49. The Morgan fingerprint density at radius 2 is 1.18 bits per heavy atom. The molecule has 0 atom stereocenters. The van der Waals surface area contributed by atoms with Crippen molar-refractivity contribution < 1.29 is 48.0 Å². The van der Waals surface area contributed by atoms with Crippen LogP contribution in [0, 0.1) is 0 Å². The molecule has 0 unspecified atom stereocenters. The number of aliphatic carboxylic acids is 1. The second-order valence-corrected chi connectivity index (χ2v) is 8.60. The topological polar surface area (TPSA) is 135 Å². The molecule has 0 saturated heterocycles. The molecular weight excluding hydrogens is 508 g/mol. The first-order valence-corrected chi connectivity index (χ1v) is 13.0. The van der Waals surface area contributed by atoms with Crippen LogP contribution in [0.15, 0.2) is 48.5 Å². The highest BCUT2D eigenvalue weighted by Gasteiger charge is 2.23. The van der Waals surface area contributed by atoms with Gasteiger partial charge in [-0.15, -0.1) is 0 Å². The molecule has 1 N–H and O–H groups in total. The van der Waals surface area contributed by atoms with Gasteiger partial charge < -0.3 is 28.8 Å². The van der Waals surface area contributed by atoms with Gasteiger partial charge >= 0.3 is 23.9 Å². The van der Waals surface area contributed by atoms with Gasteiger partial charge in [0.2, 0.25) is 0 Å². The van der Waals surface area contributed by atoms with Crippen molar-refractivity contribution in [2.75, 3.05) is 26.4 Å². The molecule has 0 amide bonds. The van der Waals surface area contributed by atoms with Gasteiger partial charge in [-0.1, -0.05) is 51.0 Å². The number of esters is 3. The highest BCUT2D eigenvalue weighted by Crippen LogP contribution is 2.21. The van der Waals surface area contributed by atoms with E-state index in [2.05, 4.69) is 0 Å². The Kier molecular flexibility index (Phi) is 13.9. The van der Waals surface area contributed by atoms with Crippen LogP contribution in [0.5, 0.6) is 11.5 Å². The first kappa shape index (κ1) is 31.1. The standard InChI is InChI=1S/C29H36O10/c1-3-5-17-35-24-13-9-7-11-22(24)28(33)37-19-21(39-27(32)16-15-26(30)31)20-38-29(34)23-12-8-10-14-25(23)36-18-6-4-2/h7-14,21H,3-6,15-20H2,1-2H3,(H,30,31). The SMILES string of the molecule is CCCCOc1ccccc1C(=O)OCC(COC(=O)c1ccccc1OCCCC)OC(=O)CCC(=O)O. The van der Waals surface area contributed by atoms with Crippen LogP contribution in [0.4, 0.5) is 0 Å². The zero-order chi connectivity index (χ0) is 28.5. The third kappa shape index (κ3) is 11.5. The first-order valence-electron chi connectivity index (χ1n) is 13.0. The summed E-state index contributed by atoms with van der Waals surface area (Å²) in [6, 6.07) is 13.2. The molecule has 0 radical (unpaired) electrons. The van der Waals surface area contributed by atoms with Gasteiger partial charge in [0.25, 0.3) is 0 Å². The van der Waals surface area contributed by atoms with Gasteiger partial charge in [-0.05, 0) is 37.1 Å². The van der Waals surface area contributed by atoms with E-state index in [0.29, 0.717) is 24.7 Å². The van der Waals surface area contributed by atoms with E-state index in [9.17, 15) is 19.2 Å². The fraction of sp³-hybridized carbons (Fsp3) is 0.448. The largest absolute Gasteiger partial charge is 0.493 e. The van der Waals surface area contributed by atoms with Crippen molar-refractivity contribution in [3.63, 3.8) is 0 Å². The lowest BCUT2D eigenvalue weighted by Crippen LogP contribution is -2.31. The number of benzene rings is 2. The van der Waals surface area contributed by atoms with Crippen LogP contribution in [-0.2, 0) is 23.8 Å². The summed E-state index contributed by atoms with van der Waals surface area (Å²) in [5, 5.41) is 8.84. The number of carbonyl (C=O) groups is 4. The normalized spacial score (nSPS) is 10.5. The summed E-state index contributed by atoms with van der Waals surface area (Å²) < 4.78 is 27.3. The Morgan fingerprint density at radius 1 is 0.718 bits per heavy atom. The first-order chi connectivity index (χ1) is 18.8. The number of hydrogen-bond donors (Lipinski definition) is 1. The highest BCUT2D eigenvalue weighted by molar-refractivity contribution is 5.93. The molecule has 0 aromatic heterocycles. The molecule has 39 heavy (non-hydrogen) atoms. The van der Waals surface area contributed by atoms with Crippen LogP contribution in [-0.4, -0.2) is 61.5 Å². The summed E-state index contributed by atoms with van der Waals surface area (Å²) in [5.41, 5.74) is 0.388. The zero-order valence-electron chi connectivity index (χ0n) is 22.4. The predicted octanol–water partition coefficient (Wildman–Crippen LogP) is 4.83. The zero-order valence-corrected chi connectivity index (χ0v) is 22.4. The van der Waals surface area contributed by atoms with Gasteiger partial charge in [-0.3, -0.25) is 9.59 Å². The Morgan fingerprint density at radius 3 is 1.62 bits per heavy atom. The molecule has 2 aromatic rings. The smallest absolute Gasteiger partial charge is 0.342 e. The number of carboxylic acid groups (broad SMARTS) is 1. The van der Waals surface area contributed by atoms with E-state index in [-0.39, 0.29) is 11.1 Å². The van der Waals surface area contributed by atoms with E-state index in [1.165, 1.54) is 0 Å². The van der Waals surface area contributed by atoms with E-state index < -0.39 is 56.0 Å². The van der Waals surface area contributed by atoms with Crippen molar-refractivity contribution in [2.45, 2.75) is 58.5 Å². The van der Waals surface area contributed by atoms with Gasteiger partial charge in [-0.2, -0.15) is 0 Å². The quantitative estimate of drug-likeness (QED) is 0.158. The maximum Gasteiger partial charge on any atom is 0.342 e. The number of carboxylic acids is 1. The average Bonchev–Trinajstić information content (AvgIpc) is 2.93. The number of rotatable bonds is 18. The third-order valence-electron chi connectivity index (χ3n) is 5.37. The van der Waals surface area contributed by atoms with Crippen molar-refractivity contribution >= 4 is 23.9 Å². The maximum absolute atomic E-state index is 12.8. The monoisotopic (exact) mass is 544 g/mol. The Bertz CT molecular complexity index is 1010. The molecule has 0 heterocycles. The minimum Gasteiger partial charge on any atom is -0.493 e. The van der Waals surface area contributed by atoms with E-state index >= 15 is 0 Å². The van der Waals surface area contributed by atoms with Crippen LogP contribution in [0.1, 0.15) is 73.1 Å². The molecule has 212 valence electrons. The summed E-state index contributed by atoms with van der Waals surface area (Å²) in [6.45, 7) is 4.05. The Hall–Kier alpha value is -4.08. The van der Waals surface area contributed by atoms with Gasteiger partial charge in [0.05, 0.1) is 26.1 Å². The van der Waals surface area contributed by atoms with Crippen molar-refractivity contribution in [3.05, 3.63) is 59.7 Å². The molecular formula is C29H36O10. The Labute approximate surface area is 228 Å². The van der Waals surface area contributed by atoms with E-state index in [1.807, 2.05) is 13.8 Å². The van der Waals surface area contributed by atoms with Crippen LogP contribution in [0.25, 0.3) is 0 Å². The molecule has 0 aliphatic heterocycles. The number of unbranched alkanes of at least 4 members (excludes halogenated alkanes) is 2. The van der Waals surface area contributed by atoms with Crippen LogP contribution >= 0.6 is 0 Å². The summed E-state index contributed by atoms with van der Waals surface area (Å²) in [5.74, 6) is -2.71. The van der Waals surface area contributed by atoms with Gasteiger partial charge in [0.15, 0.2) is 6.10 Å². The van der Waals surface area contributed by atoms with Gasteiger partial charge in [0, 0.05) is 0 Å². The molecule has 0 aliphatic carbocycles. The lowest BCUT2D eigenvalue weighted by Gasteiger charge is -2.19. The van der Waals surface area contributed by atoms with E-state index in [0.717, 1.165) is 25.7 Å². The van der Waals surface area contributed by atoms with Crippen LogP contribution < -0.4 is 9.47 Å². The molecule has 0 bridgehead atoms. The second kappa shape index (κ2) is 17.4. The maximum atomic E-state index is 12.8. The fourth-order valence-corrected chi connectivity index (χ4v) is 3.24. The highest BCUT2D eigenvalue weighted by atomic mass is 16.6. The summed E-state index contributed by atoms with van der Waals surface area (Å²) in [4.78, 5) is 48.6. The average molecular weight is 545 g/mol. The minimum atomic E-state index is -1.17. The molecule has 2 aromatic carbocycles. The van der Waals surface area contributed by atoms with Crippen LogP contribution in [0.2, 0.25) is 0 Å². The van der Waals surface area contributed by atoms with Crippen molar-refractivity contribution in [1.29, 1.82) is 0 Å². The van der Waals surface area contributed by atoms with Gasteiger partial charge in [-0.25, -0.2) is 9.59 Å². The van der Waals surface area contributed by atoms with Crippen molar-refractivity contribution in [1.82, 2.24) is 0 Å². The predicted molar refractivity (Wildman–Crippen MR) is 141 cm³/mol. The third-order valence-corrected chi connectivity index (χ3v) is 5.37. The minimum absolute atomic E-state index is 0.194. The molecule has 0 fully saturated rings. The molecule has 10 nitrogen and oxygen atoms in total. The second-order valence-electron chi connectivity index (χ2n) is 8.60. The number of hydrogen-bond acceptors (Lipinski definition) is 9. The molecule has 0 aliphatic rings. The van der Waals surface area contributed by atoms with Gasteiger partial charge in [0.1, 0.15) is 35.8 Å². The fourth-order valence-electron chi connectivity index (χ4n) is 3.24.